The molecular formula is C17H19FN2O2. The summed E-state index contributed by atoms with van der Waals surface area (Å²) < 4.78 is 18.4. The van der Waals surface area contributed by atoms with Crippen LogP contribution in [0.25, 0.3) is 0 Å². The monoisotopic (exact) mass is 302 g/mol. The van der Waals surface area contributed by atoms with Crippen molar-refractivity contribution in [3.05, 3.63) is 53.5 Å². The van der Waals surface area contributed by atoms with Crippen molar-refractivity contribution in [3.63, 3.8) is 0 Å². The quantitative estimate of drug-likeness (QED) is 0.875. The van der Waals surface area contributed by atoms with Crippen LogP contribution in [0.2, 0.25) is 0 Å². The summed E-state index contributed by atoms with van der Waals surface area (Å²) in [4.78, 5) is 18.3. The summed E-state index contributed by atoms with van der Waals surface area (Å²) in [5.74, 6) is 1.24. The number of nitrogens with zero attached hydrogens (tertiary/aromatic N) is 2. The molecule has 1 fully saturated rings. The van der Waals surface area contributed by atoms with Gasteiger partial charge in [0.25, 0.3) is 0 Å². The highest BCUT2D eigenvalue weighted by molar-refractivity contribution is 5.78. The molecule has 22 heavy (non-hydrogen) atoms. The van der Waals surface area contributed by atoms with Crippen LogP contribution in [0.4, 0.5) is 4.39 Å². The van der Waals surface area contributed by atoms with Gasteiger partial charge in [-0.2, -0.15) is 0 Å². The van der Waals surface area contributed by atoms with E-state index in [2.05, 4.69) is 4.98 Å². The fraction of sp³-hybridized carbons (Fsp3) is 0.412. The molecule has 0 radical (unpaired) electrons. The lowest BCUT2D eigenvalue weighted by Gasteiger charge is -2.21. The van der Waals surface area contributed by atoms with Crippen LogP contribution in [-0.2, 0) is 11.2 Å². The third-order valence-electron chi connectivity index (χ3n) is 4.23. The zero-order valence-electron chi connectivity index (χ0n) is 12.8. The molecule has 3 rings (SSSR count). The van der Waals surface area contributed by atoms with Crippen molar-refractivity contribution in [1.82, 2.24) is 9.88 Å². The van der Waals surface area contributed by atoms with E-state index in [1.54, 1.807) is 25.3 Å². The minimum Gasteiger partial charge on any atom is -0.446 e. The van der Waals surface area contributed by atoms with Gasteiger partial charge in [0.05, 0.1) is 12.6 Å². The van der Waals surface area contributed by atoms with Crippen LogP contribution in [0, 0.1) is 12.7 Å². The molecule has 5 heteroatoms. The van der Waals surface area contributed by atoms with E-state index in [0.29, 0.717) is 18.2 Å². The highest BCUT2D eigenvalue weighted by Crippen LogP contribution is 2.32. The lowest BCUT2D eigenvalue weighted by Crippen LogP contribution is -2.35. The molecule has 0 spiro atoms. The minimum absolute atomic E-state index is 0.0493. The van der Waals surface area contributed by atoms with Crippen LogP contribution >= 0.6 is 0 Å². The zero-order valence-corrected chi connectivity index (χ0v) is 12.8. The largest absolute Gasteiger partial charge is 0.446 e. The molecule has 1 aliphatic rings. The van der Waals surface area contributed by atoms with Gasteiger partial charge >= 0.3 is 0 Å². The van der Waals surface area contributed by atoms with Gasteiger partial charge in [-0.25, -0.2) is 9.37 Å². The van der Waals surface area contributed by atoms with Crippen LogP contribution < -0.4 is 0 Å². The van der Waals surface area contributed by atoms with Crippen molar-refractivity contribution in [2.75, 3.05) is 6.54 Å². The fourth-order valence-corrected chi connectivity index (χ4v) is 3.09. The van der Waals surface area contributed by atoms with Gasteiger partial charge < -0.3 is 9.32 Å². The van der Waals surface area contributed by atoms with Crippen molar-refractivity contribution < 1.29 is 13.6 Å². The number of benzene rings is 1. The third-order valence-corrected chi connectivity index (χ3v) is 4.23. The molecule has 0 aliphatic carbocycles. The second-order valence-corrected chi connectivity index (χ2v) is 5.90. The molecule has 1 saturated heterocycles. The van der Waals surface area contributed by atoms with Gasteiger partial charge in [0.2, 0.25) is 5.91 Å². The Morgan fingerprint density at radius 3 is 2.77 bits per heavy atom. The van der Waals surface area contributed by atoms with Gasteiger partial charge in [0.1, 0.15) is 11.6 Å². The van der Waals surface area contributed by atoms with Crippen molar-refractivity contribution in [2.45, 2.75) is 38.6 Å². The molecule has 2 aromatic rings. The molecule has 1 amide bonds. The maximum atomic E-state index is 13.0. The Morgan fingerprint density at radius 2 is 2.14 bits per heavy atom. The van der Waals surface area contributed by atoms with E-state index < -0.39 is 0 Å². The summed E-state index contributed by atoms with van der Waals surface area (Å²) in [6, 6.07) is 6.73. The molecule has 116 valence electrons. The molecule has 2 heterocycles. The minimum atomic E-state index is -0.233. The smallest absolute Gasteiger partial charge is 0.230 e. The Labute approximate surface area is 129 Å². The zero-order chi connectivity index (χ0) is 15.7. The number of amides is 1. The number of rotatable bonds is 3. The highest BCUT2D eigenvalue weighted by Gasteiger charge is 2.33. The van der Waals surface area contributed by atoms with Gasteiger partial charge in [-0.3, -0.25) is 4.79 Å². The van der Waals surface area contributed by atoms with E-state index in [-0.39, 0.29) is 30.1 Å². The van der Waals surface area contributed by atoms with Crippen LogP contribution in [0.15, 0.2) is 34.9 Å². The molecule has 0 N–H and O–H groups in total. The van der Waals surface area contributed by atoms with Gasteiger partial charge in [0, 0.05) is 25.4 Å². The van der Waals surface area contributed by atoms with Crippen molar-refractivity contribution in [2.24, 2.45) is 0 Å². The standard InChI is InChI=1S/C17H19FN2O2/c1-11-7-14(13-3-5-15(18)6-4-13)10-20(11)17(21)8-16-9-19-12(2)22-16/h3-6,9,11,14H,7-8,10H2,1-2H3. The van der Waals surface area contributed by atoms with Crippen LogP contribution in [0.5, 0.6) is 0 Å². The average Bonchev–Trinajstić information content (AvgIpc) is 3.06. The normalized spacial score (nSPS) is 21.3. The summed E-state index contributed by atoms with van der Waals surface area (Å²) in [6.45, 7) is 4.48. The number of hydrogen-bond donors (Lipinski definition) is 0. The average molecular weight is 302 g/mol. The Morgan fingerprint density at radius 1 is 1.41 bits per heavy atom. The fourth-order valence-electron chi connectivity index (χ4n) is 3.09. The predicted molar refractivity (Wildman–Crippen MR) is 79.9 cm³/mol. The number of likely N-dealkylation sites (tertiary alicyclic amines) is 1. The SMILES string of the molecule is Cc1ncc(CC(=O)N2CC(c3ccc(F)cc3)CC2C)o1. The Kier molecular flexibility index (Phi) is 3.96. The van der Waals surface area contributed by atoms with E-state index in [4.69, 9.17) is 4.42 Å². The molecule has 4 nitrogen and oxygen atoms in total. The van der Waals surface area contributed by atoms with Crippen molar-refractivity contribution >= 4 is 5.91 Å². The second kappa shape index (κ2) is 5.91. The van der Waals surface area contributed by atoms with Gasteiger partial charge in [-0.05, 0) is 31.0 Å². The first-order valence-electron chi connectivity index (χ1n) is 7.49. The van der Waals surface area contributed by atoms with E-state index in [0.717, 1.165) is 12.0 Å². The summed E-state index contributed by atoms with van der Waals surface area (Å²) in [6.07, 6.45) is 2.74. The van der Waals surface area contributed by atoms with E-state index in [1.807, 2.05) is 11.8 Å². The Hall–Kier alpha value is -2.17. The Balaban J connectivity index is 1.67. The van der Waals surface area contributed by atoms with Crippen molar-refractivity contribution in [3.8, 4) is 0 Å². The molecule has 0 saturated carbocycles. The first-order chi connectivity index (χ1) is 10.5. The first kappa shape index (κ1) is 14.8. The van der Waals surface area contributed by atoms with Gasteiger partial charge in [-0.1, -0.05) is 12.1 Å². The number of aryl methyl sites for hydroxylation is 1. The van der Waals surface area contributed by atoms with Gasteiger partial charge in [-0.15, -0.1) is 0 Å². The number of oxazole rings is 1. The molecule has 1 aromatic heterocycles. The van der Waals surface area contributed by atoms with E-state index in [1.165, 1.54) is 12.1 Å². The number of carbonyl (C=O) groups excluding carboxylic acids is 1. The maximum Gasteiger partial charge on any atom is 0.230 e. The molecule has 0 bridgehead atoms. The number of hydrogen-bond acceptors (Lipinski definition) is 3. The summed E-state index contributed by atoms with van der Waals surface area (Å²) in [7, 11) is 0. The summed E-state index contributed by atoms with van der Waals surface area (Å²) in [5.41, 5.74) is 1.08. The summed E-state index contributed by atoms with van der Waals surface area (Å²) >= 11 is 0. The predicted octanol–water partition coefficient (Wildman–Crippen LogP) is 3.07. The van der Waals surface area contributed by atoms with E-state index in [9.17, 15) is 9.18 Å². The lowest BCUT2D eigenvalue weighted by molar-refractivity contribution is -0.131. The molecule has 1 aromatic carbocycles. The third kappa shape index (κ3) is 3.03. The maximum absolute atomic E-state index is 13.0. The van der Waals surface area contributed by atoms with E-state index >= 15 is 0 Å². The lowest BCUT2D eigenvalue weighted by atomic mass is 9.97. The van der Waals surface area contributed by atoms with Crippen LogP contribution in [0.3, 0.4) is 0 Å². The van der Waals surface area contributed by atoms with Crippen LogP contribution in [-0.4, -0.2) is 28.4 Å². The number of carbonyl (C=O) groups is 1. The summed E-state index contributed by atoms with van der Waals surface area (Å²) in [5, 5.41) is 0. The number of aromatic nitrogens is 1. The highest BCUT2D eigenvalue weighted by atomic mass is 19.1. The number of halogens is 1. The van der Waals surface area contributed by atoms with Gasteiger partial charge in [0.15, 0.2) is 5.89 Å². The van der Waals surface area contributed by atoms with Crippen LogP contribution in [0.1, 0.15) is 36.5 Å². The first-order valence-corrected chi connectivity index (χ1v) is 7.49. The Bertz CT molecular complexity index is 666. The van der Waals surface area contributed by atoms with Crippen molar-refractivity contribution in [1.29, 1.82) is 0 Å². The molecule has 2 atom stereocenters. The topological polar surface area (TPSA) is 46.3 Å². The molecular weight excluding hydrogens is 283 g/mol. The molecule has 1 aliphatic heterocycles. The second-order valence-electron chi connectivity index (χ2n) is 5.90. The molecule has 2 unspecified atom stereocenters.